The zero-order valence-electron chi connectivity index (χ0n) is 10.3. The van der Waals surface area contributed by atoms with Crippen molar-refractivity contribution >= 4 is 9.84 Å². The van der Waals surface area contributed by atoms with Gasteiger partial charge in [0.25, 0.3) is 0 Å². The molecule has 1 saturated carbocycles. The van der Waals surface area contributed by atoms with Crippen LogP contribution in [-0.2, 0) is 14.6 Å². The minimum atomic E-state index is -3.03. The van der Waals surface area contributed by atoms with E-state index >= 15 is 0 Å². The Morgan fingerprint density at radius 1 is 1.12 bits per heavy atom. The van der Waals surface area contributed by atoms with Gasteiger partial charge in [-0.1, -0.05) is 12.8 Å². The average molecular weight is 261 g/mol. The summed E-state index contributed by atoms with van der Waals surface area (Å²) in [6.07, 6.45) is 5.89. The molecule has 2 fully saturated rings. The lowest BCUT2D eigenvalue weighted by molar-refractivity contribution is 0.0983. The van der Waals surface area contributed by atoms with Gasteiger partial charge < -0.3 is 10.5 Å². The van der Waals surface area contributed by atoms with Crippen molar-refractivity contribution in [2.24, 2.45) is 11.7 Å². The molecule has 100 valence electrons. The second-order valence-electron chi connectivity index (χ2n) is 5.35. The lowest BCUT2D eigenvalue weighted by Crippen LogP contribution is -2.41. The minimum absolute atomic E-state index is 0.162. The molecule has 4 nitrogen and oxygen atoms in total. The van der Waals surface area contributed by atoms with E-state index in [1.807, 2.05) is 0 Å². The highest BCUT2D eigenvalue weighted by Crippen LogP contribution is 2.28. The third-order valence-corrected chi connectivity index (χ3v) is 6.44. The molecule has 0 aromatic carbocycles. The smallest absolute Gasteiger partial charge is 0.154 e. The Hall–Kier alpha value is -0.130. The fourth-order valence-electron chi connectivity index (χ4n) is 2.96. The molecule has 0 aromatic rings. The van der Waals surface area contributed by atoms with Gasteiger partial charge in [-0.3, -0.25) is 0 Å². The highest BCUT2D eigenvalue weighted by Gasteiger charge is 2.32. The Balaban J connectivity index is 1.91. The van der Waals surface area contributed by atoms with Crippen molar-refractivity contribution in [3.63, 3.8) is 0 Å². The largest absolute Gasteiger partial charge is 0.381 e. The fourth-order valence-corrected chi connectivity index (χ4v) is 4.95. The Kier molecular flexibility index (Phi) is 4.44. The maximum Gasteiger partial charge on any atom is 0.154 e. The molecule has 2 N–H and O–H groups in total. The molecular formula is C12H23NO3S. The van der Waals surface area contributed by atoms with Gasteiger partial charge in [0.15, 0.2) is 9.84 Å². The molecule has 1 atom stereocenters. The van der Waals surface area contributed by atoms with E-state index in [0.717, 1.165) is 12.8 Å². The van der Waals surface area contributed by atoms with Gasteiger partial charge in [0.05, 0.1) is 11.0 Å². The van der Waals surface area contributed by atoms with Gasteiger partial charge in [-0.05, 0) is 31.6 Å². The normalized spacial score (nSPS) is 26.2. The highest BCUT2D eigenvalue weighted by molar-refractivity contribution is 7.92. The van der Waals surface area contributed by atoms with E-state index in [0.29, 0.717) is 32.0 Å². The third-order valence-electron chi connectivity index (χ3n) is 4.11. The van der Waals surface area contributed by atoms with E-state index in [1.54, 1.807) is 0 Å². The predicted octanol–water partition coefficient (Wildman–Crippen LogP) is 1.10. The van der Waals surface area contributed by atoms with Gasteiger partial charge in [-0.25, -0.2) is 8.42 Å². The molecule has 0 amide bonds. The van der Waals surface area contributed by atoms with Gasteiger partial charge in [-0.15, -0.1) is 0 Å². The van der Waals surface area contributed by atoms with Crippen LogP contribution in [0.4, 0.5) is 0 Å². The number of sulfone groups is 1. The summed E-state index contributed by atoms with van der Waals surface area (Å²) in [4.78, 5) is 0. The zero-order chi connectivity index (χ0) is 12.3. The Morgan fingerprint density at radius 2 is 1.71 bits per heavy atom. The Bertz CT molecular complexity index is 330. The van der Waals surface area contributed by atoms with Crippen LogP contribution in [-0.4, -0.2) is 38.7 Å². The lowest BCUT2D eigenvalue weighted by atomic mass is 10.0. The van der Waals surface area contributed by atoms with E-state index < -0.39 is 9.84 Å². The number of hydrogen-bond donors (Lipinski definition) is 1. The minimum Gasteiger partial charge on any atom is -0.381 e. The first-order chi connectivity index (χ1) is 8.09. The molecule has 2 aliphatic rings. The van der Waals surface area contributed by atoms with Crippen molar-refractivity contribution < 1.29 is 13.2 Å². The first-order valence-electron chi connectivity index (χ1n) is 6.64. The zero-order valence-corrected chi connectivity index (χ0v) is 11.1. The van der Waals surface area contributed by atoms with Crippen LogP contribution in [0.1, 0.15) is 38.5 Å². The molecule has 1 unspecified atom stereocenters. The summed E-state index contributed by atoms with van der Waals surface area (Å²) >= 11 is 0. The van der Waals surface area contributed by atoms with Crippen LogP contribution in [0.15, 0.2) is 0 Å². The van der Waals surface area contributed by atoms with Crippen molar-refractivity contribution in [1.82, 2.24) is 0 Å². The van der Waals surface area contributed by atoms with Crippen molar-refractivity contribution in [2.45, 2.75) is 49.8 Å². The maximum atomic E-state index is 12.2. The summed E-state index contributed by atoms with van der Waals surface area (Å²) in [7, 11) is -3.03. The molecule has 2 rings (SSSR count). The van der Waals surface area contributed by atoms with Crippen molar-refractivity contribution in [2.75, 3.05) is 19.0 Å². The van der Waals surface area contributed by atoms with Crippen LogP contribution >= 0.6 is 0 Å². The Labute approximate surface area is 104 Å². The molecular weight excluding hydrogens is 238 g/mol. The van der Waals surface area contributed by atoms with Gasteiger partial charge in [-0.2, -0.15) is 0 Å². The third kappa shape index (κ3) is 3.42. The van der Waals surface area contributed by atoms with E-state index in [9.17, 15) is 8.42 Å². The van der Waals surface area contributed by atoms with Crippen LogP contribution in [0.25, 0.3) is 0 Å². The standard InChI is InChI=1S/C12H23NO3S/c13-12(10-3-1-2-4-10)9-17(14,15)11-5-7-16-8-6-11/h10-12H,1-9,13H2. The molecule has 0 bridgehead atoms. The van der Waals surface area contributed by atoms with E-state index in [2.05, 4.69) is 0 Å². The van der Waals surface area contributed by atoms with Gasteiger partial charge in [0.1, 0.15) is 0 Å². The summed E-state index contributed by atoms with van der Waals surface area (Å²) in [5.74, 6) is 0.590. The molecule has 0 radical (unpaired) electrons. The van der Waals surface area contributed by atoms with Crippen molar-refractivity contribution in [3.05, 3.63) is 0 Å². The fraction of sp³-hybridized carbons (Fsp3) is 1.00. The van der Waals surface area contributed by atoms with Gasteiger partial charge in [0, 0.05) is 19.3 Å². The van der Waals surface area contributed by atoms with Crippen LogP contribution < -0.4 is 5.73 Å². The van der Waals surface area contributed by atoms with Crippen molar-refractivity contribution in [1.29, 1.82) is 0 Å². The van der Waals surface area contributed by atoms with Crippen LogP contribution in [0, 0.1) is 5.92 Å². The summed E-state index contributed by atoms with van der Waals surface area (Å²) in [5, 5.41) is -0.219. The second kappa shape index (κ2) is 5.67. The average Bonchev–Trinajstić information content (AvgIpc) is 2.83. The van der Waals surface area contributed by atoms with Crippen LogP contribution in [0.2, 0.25) is 0 Å². The van der Waals surface area contributed by atoms with Gasteiger partial charge in [0.2, 0.25) is 0 Å². The SMILES string of the molecule is NC(CS(=O)(=O)C1CCOCC1)C1CCCC1. The van der Waals surface area contributed by atoms with E-state index in [1.165, 1.54) is 12.8 Å². The first-order valence-corrected chi connectivity index (χ1v) is 8.36. The Morgan fingerprint density at radius 3 is 2.29 bits per heavy atom. The molecule has 1 aliphatic carbocycles. The maximum absolute atomic E-state index is 12.2. The second-order valence-corrected chi connectivity index (χ2v) is 7.68. The van der Waals surface area contributed by atoms with E-state index in [-0.39, 0.29) is 17.0 Å². The number of hydrogen-bond acceptors (Lipinski definition) is 4. The highest BCUT2D eigenvalue weighted by atomic mass is 32.2. The predicted molar refractivity (Wildman–Crippen MR) is 67.6 cm³/mol. The molecule has 0 spiro atoms. The van der Waals surface area contributed by atoms with Crippen molar-refractivity contribution in [3.8, 4) is 0 Å². The van der Waals surface area contributed by atoms with E-state index in [4.69, 9.17) is 10.5 Å². The first kappa shape index (κ1) is 13.3. The van der Waals surface area contributed by atoms with Crippen LogP contribution in [0.3, 0.4) is 0 Å². The molecule has 1 aliphatic heterocycles. The summed E-state index contributed by atoms with van der Waals surface area (Å²) in [6.45, 7) is 1.14. The summed E-state index contributed by atoms with van der Waals surface area (Å²) < 4.78 is 29.6. The number of rotatable bonds is 4. The summed E-state index contributed by atoms with van der Waals surface area (Å²) in [5.41, 5.74) is 6.06. The lowest BCUT2D eigenvalue weighted by Gasteiger charge is -2.25. The summed E-state index contributed by atoms with van der Waals surface area (Å²) in [6, 6.07) is -0.162. The quantitative estimate of drug-likeness (QED) is 0.822. The monoisotopic (exact) mass is 261 g/mol. The van der Waals surface area contributed by atoms with Gasteiger partial charge >= 0.3 is 0 Å². The number of ether oxygens (including phenoxy) is 1. The number of nitrogens with two attached hydrogens (primary N) is 1. The topological polar surface area (TPSA) is 69.4 Å². The molecule has 1 heterocycles. The molecule has 17 heavy (non-hydrogen) atoms. The van der Waals surface area contributed by atoms with Crippen LogP contribution in [0.5, 0.6) is 0 Å². The molecule has 0 aromatic heterocycles. The molecule has 1 saturated heterocycles. The molecule has 5 heteroatoms.